The Balaban J connectivity index is 4.38. The van der Waals surface area contributed by atoms with Gasteiger partial charge in [0.2, 0.25) is 0 Å². The molecule has 0 bridgehead atoms. The maximum Gasteiger partial charge on any atom is 0.306 e. The number of hydrogen-bond acceptors (Lipinski definition) is 6. The number of rotatable bonds is 58. The Morgan fingerprint density at radius 2 is 0.506 bits per heavy atom. The second-order valence-corrected chi connectivity index (χ2v) is 21.3. The van der Waals surface area contributed by atoms with E-state index in [1.165, 1.54) is 141 Å². The lowest BCUT2D eigenvalue weighted by molar-refractivity contribution is -0.167. The van der Waals surface area contributed by atoms with Crippen LogP contribution in [0.1, 0.15) is 303 Å². The number of unbranched alkanes of at least 4 members (excludes halogenated alkanes) is 29. The lowest BCUT2D eigenvalue weighted by Crippen LogP contribution is -2.30. The highest BCUT2D eigenvalue weighted by Gasteiger charge is 2.19. The minimum Gasteiger partial charge on any atom is -0.462 e. The number of ether oxygens (including phenoxy) is 3. The van der Waals surface area contributed by atoms with Gasteiger partial charge in [-0.25, -0.2) is 0 Å². The van der Waals surface area contributed by atoms with Gasteiger partial charge in [-0.2, -0.15) is 0 Å². The molecule has 0 aliphatic carbocycles. The summed E-state index contributed by atoms with van der Waals surface area (Å²) in [6.07, 6.45) is 88.1. The van der Waals surface area contributed by atoms with Crippen molar-refractivity contribution in [2.24, 2.45) is 0 Å². The van der Waals surface area contributed by atoms with E-state index in [9.17, 15) is 14.4 Å². The highest BCUT2D eigenvalue weighted by molar-refractivity contribution is 5.71. The molecule has 0 aliphatic heterocycles. The van der Waals surface area contributed by atoms with Gasteiger partial charge in [-0.05, 0) is 122 Å². The van der Waals surface area contributed by atoms with Crippen molar-refractivity contribution in [1.29, 1.82) is 0 Å². The topological polar surface area (TPSA) is 78.9 Å². The predicted molar refractivity (Wildman–Crippen MR) is 334 cm³/mol. The van der Waals surface area contributed by atoms with Crippen LogP contribution in [0.25, 0.3) is 0 Å². The summed E-state index contributed by atoms with van der Waals surface area (Å²) >= 11 is 0. The van der Waals surface area contributed by atoms with E-state index < -0.39 is 6.10 Å². The van der Waals surface area contributed by atoms with Gasteiger partial charge in [0.15, 0.2) is 6.10 Å². The summed E-state index contributed by atoms with van der Waals surface area (Å²) < 4.78 is 16.9. The van der Waals surface area contributed by atoms with Crippen molar-refractivity contribution >= 4 is 17.9 Å². The molecule has 0 spiro atoms. The molecule has 0 aromatic rings. The molecule has 0 heterocycles. The van der Waals surface area contributed by atoms with Gasteiger partial charge in [0.25, 0.3) is 0 Å². The highest BCUT2D eigenvalue weighted by atomic mass is 16.6. The van der Waals surface area contributed by atoms with Crippen molar-refractivity contribution in [3.8, 4) is 0 Å². The fraction of sp³-hybridized carbons (Fsp3) is 0.704. The third-order valence-electron chi connectivity index (χ3n) is 13.7. The zero-order valence-corrected chi connectivity index (χ0v) is 50.4. The standard InChI is InChI=1S/C71H120O6/c1-4-7-10-13-16-19-22-25-28-31-32-33-34-35-36-37-38-41-43-46-49-52-55-58-61-64-70(73)76-67-68(77-71(74)65-62-59-56-53-50-47-44-40-30-27-24-21-18-15-12-9-6-3)66-75-69(72)63-60-57-54-51-48-45-42-39-29-26-23-20-17-14-11-8-5-2/h7,9-10,12,16,18-19,21,25-30,32-33,44,47,68H,4-6,8,11,13-15,17,20,22-24,31,34-43,45-46,48-67H2,1-3H3/b10-7-,12-9-,19-16-,21-18-,28-25-,29-26-,30-27-,33-32-,47-44-. The first-order valence-corrected chi connectivity index (χ1v) is 32.4. The summed E-state index contributed by atoms with van der Waals surface area (Å²) in [5.74, 6) is -0.912. The van der Waals surface area contributed by atoms with Gasteiger partial charge in [0.05, 0.1) is 0 Å². The second-order valence-electron chi connectivity index (χ2n) is 21.3. The van der Waals surface area contributed by atoms with Gasteiger partial charge < -0.3 is 14.2 Å². The van der Waals surface area contributed by atoms with Crippen LogP contribution in [0.3, 0.4) is 0 Å². The zero-order valence-electron chi connectivity index (χ0n) is 50.4. The molecule has 0 saturated heterocycles. The normalized spacial score (nSPS) is 12.8. The Kier molecular flexibility index (Phi) is 61.3. The summed E-state index contributed by atoms with van der Waals surface area (Å²) in [6.45, 7) is 6.41. The molecule has 0 aromatic heterocycles. The van der Waals surface area contributed by atoms with E-state index in [-0.39, 0.29) is 31.1 Å². The molecule has 0 saturated carbocycles. The van der Waals surface area contributed by atoms with E-state index in [2.05, 4.69) is 130 Å². The van der Waals surface area contributed by atoms with Crippen molar-refractivity contribution < 1.29 is 28.6 Å². The van der Waals surface area contributed by atoms with E-state index in [4.69, 9.17) is 14.2 Å². The van der Waals surface area contributed by atoms with Crippen molar-refractivity contribution in [3.05, 3.63) is 109 Å². The lowest BCUT2D eigenvalue weighted by atomic mass is 10.0. The molecule has 0 fully saturated rings. The van der Waals surface area contributed by atoms with Crippen molar-refractivity contribution in [3.63, 3.8) is 0 Å². The van der Waals surface area contributed by atoms with Crippen LogP contribution in [0.15, 0.2) is 109 Å². The van der Waals surface area contributed by atoms with Crippen LogP contribution in [0.5, 0.6) is 0 Å². The Bertz CT molecular complexity index is 1560. The molecule has 0 radical (unpaired) electrons. The average molecular weight is 1070 g/mol. The molecule has 77 heavy (non-hydrogen) atoms. The summed E-state index contributed by atoms with van der Waals surface area (Å²) in [4.78, 5) is 38.4. The van der Waals surface area contributed by atoms with Crippen molar-refractivity contribution in [2.75, 3.05) is 13.2 Å². The van der Waals surface area contributed by atoms with E-state index in [0.29, 0.717) is 19.3 Å². The quantitative estimate of drug-likeness (QED) is 0.0261. The fourth-order valence-corrected chi connectivity index (χ4v) is 8.95. The Hall–Kier alpha value is -3.93. The van der Waals surface area contributed by atoms with Gasteiger partial charge in [0, 0.05) is 19.3 Å². The number of hydrogen-bond donors (Lipinski definition) is 0. The van der Waals surface area contributed by atoms with Crippen LogP contribution in [0.4, 0.5) is 0 Å². The lowest BCUT2D eigenvalue weighted by Gasteiger charge is -2.18. The molecule has 0 aromatic carbocycles. The first-order valence-electron chi connectivity index (χ1n) is 32.4. The van der Waals surface area contributed by atoms with Crippen LogP contribution in [0, 0.1) is 0 Å². The Morgan fingerprint density at radius 3 is 0.805 bits per heavy atom. The summed E-state index contributed by atoms with van der Waals surface area (Å²) in [6, 6.07) is 0. The van der Waals surface area contributed by atoms with Gasteiger partial charge in [-0.1, -0.05) is 271 Å². The van der Waals surface area contributed by atoms with Crippen molar-refractivity contribution in [1.82, 2.24) is 0 Å². The minimum absolute atomic E-state index is 0.0904. The first-order chi connectivity index (χ1) is 38.0. The smallest absolute Gasteiger partial charge is 0.306 e. The summed E-state index contributed by atoms with van der Waals surface area (Å²) in [5.41, 5.74) is 0. The second kappa shape index (κ2) is 64.6. The number of allylic oxidation sites excluding steroid dienone is 18. The molecule has 440 valence electrons. The zero-order chi connectivity index (χ0) is 55.7. The fourth-order valence-electron chi connectivity index (χ4n) is 8.95. The molecular weight excluding hydrogens is 949 g/mol. The molecule has 6 nitrogen and oxygen atoms in total. The van der Waals surface area contributed by atoms with Crippen LogP contribution < -0.4 is 0 Å². The summed E-state index contributed by atoms with van der Waals surface area (Å²) in [7, 11) is 0. The third-order valence-corrected chi connectivity index (χ3v) is 13.7. The maximum atomic E-state index is 12.9. The molecule has 0 amide bonds. The van der Waals surface area contributed by atoms with E-state index in [1.807, 2.05) is 0 Å². The Labute approximate surface area is 476 Å². The molecule has 6 heteroatoms. The van der Waals surface area contributed by atoms with Crippen LogP contribution >= 0.6 is 0 Å². The predicted octanol–water partition coefficient (Wildman–Crippen LogP) is 22.2. The maximum absolute atomic E-state index is 12.9. The van der Waals surface area contributed by atoms with E-state index in [0.717, 1.165) is 122 Å². The van der Waals surface area contributed by atoms with E-state index >= 15 is 0 Å². The average Bonchev–Trinajstić information content (AvgIpc) is 3.43. The molecule has 0 aliphatic rings. The van der Waals surface area contributed by atoms with E-state index in [1.54, 1.807) is 0 Å². The summed E-state index contributed by atoms with van der Waals surface area (Å²) in [5, 5.41) is 0. The van der Waals surface area contributed by atoms with Crippen LogP contribution in [-0.4, -0.2) is 37.2 Å². The third kappa shape index (κ3) is 62.8. The molecule has 0 N–H and O–H groups in total. The highest BCUT2D eigenvalue weighted by Crippen LogP contribution is 2.16. The van der Waals surface area contributed by atoms with Gasteiger partial charge >= 0.3 is 17.9 Å². The number of carbonyl (C=O) groups is 3. The first kappa shape index (κ1) is 73.1. The van der Waals surface area contributed by atoms with Crippen LogP contribution in [0.2, 0.25) is 0 Å². The molecule has 1 unspecified atom stereocenters. The molecular formula is C71H120O6. The van der Waals surface area contributed by atoms with Gasteiger partial charge in [-0.3, -0.25) is 14.4 Å². The van der Waals surface area contributed by atoms with Crippen LogP contribution in [-0.2, 0) is 28.6 Å². The largest absolute Gasteiger partial charge is 0.462 e. The monoisotopic (exact) mass is 1070 g/mol. The molecule has 1 atom stereocenters. The minimum atomic E-state index is -0.796. The van der Waals surface area contributed by atoms with Crippen molar-refractivity contribution in [2.45, 2.75) is 309 Å². The number of carbonyl (C=O) groups excluding carboxylic acids is 3. The van der Waals surface area contributed by atoms with Gasteiger partial charge in [0.1, 0.15) is 13.2 Å². The Morgan fingerprint density at radius 1 is 0.273 bits per heavy atom. The molecule has 0 rings (SSSR count). The van der Waals surface area contributed by atoms with Gasteiger partial charge in [-0.15, -0.1) is 0 Å². The SMILES string of the molecule is CC/C=C\C/C=C\C/C=C\C/C=C\CCCCCCCCCCCCCCC(=O)OCC(COC(=O)CCCCCCCCC/C=C\CCCCCCCC)OC(=O)CCCCCC/C=C\C/C=C\C/C=C\C/C=C\CC. The number of esters is 3.